The Morgan fingerprint density at radius 3 is 2.29 bits per heavy atom. The second kappa shape index (κ2) is 12.8. The lowest BCUT2D eigenvalue weighted by atomic mass is 9.99. The molecule has 2 aliphatic heterocycles. The van der Waals surface area contributed by atoms with Crippen LogP contribution < -0.4 is 15.1 Å². The van der Waals surface area contributed by atoms with E-state index in [9.17, 15) is 20.0 Å². The molecule has 0 radical (unpaired) electrons. The Balaban J connectivity index is 0.00000387. The molecule has 1 atom stereocenters. The molecule has 2 saturated heterocycles. The topological polar surface area (TPSA) is 99.9 Å². The van der Waals surface area contributed by atoms with Crippen LogP contribution in [0.2, 0.25) is 0 Å². The molecule has 2 aliphatic rings. The number of aliphatic carboxylic acids is 1. The number of nitrogens with zero attached hydrogens (tertiary/aromatic N) is 4. The monoisotopic (exact) mass is 553 g/mol. The zero-order chi connectivity index (χ0) is 28.2. The standard InChI is InChI=1S/C32H35N5O3.CH4/c1-22-18-23(2)28(34-25-12-14-35(15-13-25)29-11-7-6-8-24(29)20-33)19-27(22)31(38)36-16-17-37(30(21-36)32(39)40)26-9-4-3-5-10-26;/h3-11,18-19,25,30,34H,12-17,21H2,1-2H3,(H,39,40);1H4. The van der Waals surface area contributed by atoms with Crippen molar-refractivity contribution in [3.8, 4) is 6.07 Å². The Morgan fingerprint density at radius 1 is 0.927 bits per heavy atom. The largest absolute Gasteiger partial charge is 0.480 e. The maximum atomic E-state index is 13.7. The SMILES string of the molecule is C.Cc1cc(C)c(C(=O)N2CCN(c3ccccc3)C(C(=O)O)C2)cc1NC1CCN(c2ccccc2C#N)CC1. The number of hydrogen-bond donors (Lipinski definition) is 2. The molecule has 0 saturated carbocycles. The van der Waals surface area contributed by atoms with Crippen molar-refractivity contribution in [2.75, 3.05) is 47.8 Å². The molecule has 0 aromatic heterocycles. The van der Waals surface area contributed by atoms with Gasteiger partial charge in [-0.05, 0) is 68.1 Å². The summed E-state index contributed by atoms with van der Waals surface area (Å²) in [6, 6.07) is 22.9. The maximum absolute atomic E-state index is 13.7. The van der Waals surface area contributed by atoms with E-state index in [0.717, 1.165) is 54.1 Å². The van der Waals surface area contributed by atoms with Gasteiger partial charge in [-0.15, -0.1) is 0 Å². The first-order chi connectivity index (χ1) is 19.4. The molecule has 1 amide bonds. The summed E-state index contributed by atoms with van der Waals surface area (Å²) in [7, 11) is 0. The molecule has 1 unspecified atom stereocenters. The Kier molecular flexibility index (Phi) is 9.18. The molecule has 0 aliphatic carbocycles. The third kappa shape index (κ3) is 6.30. The molecule has 3 aromatic carbocycles. The number of hydrogen-bond acceptors (Lipinski definition) is 6. The number of nitriles is 1. The van der Waals surface area contributed by atoms with E-state index in [2.05, 4.69) is 16.3 Å². The molecule has 0 bridgehead atoms. The van der Waals surface area contributed by atoms with Crippen molar-refractivity contribution >= 4 is 28.9 Å². The van der Waals surface area contributed by atoms with Crippen LogP contribution in [-0.2, 0) is 4.79 Å². The number of para-hydroxylation sites is 2. The van der Waals surface area contributed by atoms with Crippen LogP contribution in [0.3, 0.4) is 0 Å². The average molecular weight is 554 g/mol. The first-order valence-corrected chi connectivity index (χ1v) is 13.8. The Bertz CT molecular complexity index is 1430. The van der Waals surface area contributed by atoms with E-state index in [4.69, 9.17) is 0 Å². The summed E-state index contributed by atoms with van der Waals surface area (Å²) >= 11 is 0. The van der Waals surface area contributed by atoms with E-state index in [1.165, 1.54) is 0 Å². The molecule has 3 aromatic rings. The van der Waals surface area contributed by atoms with E-state index in [1.807, 2.05) is 85.5 Å². The number of piperazine rings is 1. The molecule has 8 heteroatoms. The third-order valence-corrected chi connectivity index (χ3v) is 8.06. The quantitative estimate of drug-likeness (QED) is 0.427. The number of anilines is 3. The highest BCUT2D eigenvalue weighted by molar-refractivity contribution is 5.97. The minimum Gasteiger partial charge on any atom is -0.480 e. The van der Waals surface area contributed by atoms with Crippen molar-refractivity contribution in [1.29, 1.82) is 5.26 Å². The molecule has 2 N–H and O–H groups in total. The summed E-state index contributed by atoms with van der Waals surface area (Å²) in [5.74, 6) is -1.07. The van der Waals surface area contributed by atoms with E-state index in [1.54, 1.807) is 4.90 Å². The van der Waals surface area contributed by atoms with E-state index in [0.29, 0.717) is 24.2 Å². The fourth-order valence-corrected chi connectivity index (χ4v) is 5.84. The van der Waals surface area contributed by atoms with Crippen LogP contribution in [0.1, 0.15) is 47.3 Å². The van der Waals surface area contributed by atoms with Gasteiger partial charge < -0.3 is 25.1 Å². The number of aryl methyl sites for hydroxylation is 2. The van der Waals surface area contributed by atoms with E-state index < -0.39 is 12.0 Å². The minimum atomic E-state index is -0.937. The van der Waals surface area contributed by atoms with Crippen LogP contribution in [0.4, 0.5) is 17.1 Å². The van der Waals surface area contributed by atoms with Crippen LogP contribution in [0.15, 0.2) is 66.7 Å². The zero-order valence-electron chi connectivity index (χ0n) is 23.0. The van der Waals surface area contributed by atoms with Crippen molar-refractivity contribution in [2.24, 2.45) is 0 Å². The lowest BCUT2D eigenvalue weighted by molar-refractivity contribution is -0.139. The smallest absolute Gasteiger partial charge is 0.328 e. The van der Waals surface area contributed by atoms with Gasteiger partial charge in [0.2, 0.25) is 0 Å². The number of carbonyl (C=O) groups is 2. The summed E-state index contributed by atoms with van der Waals surface area (Å²) in [5, 5.41) is 23.1. The normalized spacial score (nSPS) is 17.4. The summed E-state index contributed by atoms with van der Waals surface area (Å²) in [6.07, 6.45) is 1.83. The molecule has 214 valence electrons. The third-order valence-electron chi connectivity index (χ3n) is 8.06. The van der Waals surface area contributed by atoms with Gasteiger partial charge in [0.25, 0.3) is 5.91 Å². The summed E-state index contributed by atoms with van der Waals surface area (Å²) in [4.78, 5) is 31.7. The van der Waals surface area contributed by atoms with Gasteiger partial charge in [0.1, 0.15) is 12.1 Å². The Morgan fingerprint density at radius 2 is 1.61 bits per heavy atom. The van der Waals surface area contributed by atoms with Gasteiger partial charge in [-0.3, -0.25) is 4.79 Å². The average Bonchev–Trinajstić information content (AvgIpc) is 2.98. The fraction of sp³-hybridized carbons (Fsp3) is 0.364. The molecular weight excluding hydrogens is 514 g/mol. The van der Waals surface area contributed by atoms with Crippen molar-refractivity contribution in [1.82, 2.24) is 4.90 Å². The lowest BCUT2D eigenvalue weighted by Gasteiger charge is -2.41. The summed E-state index contributed by atoms with van der Waals surface area (Å²) < 4.78 is 0. The van der Waals surface area contributed by atoms with Crippen LogP contribution in [0.25, 0.3) is 0 Å². The van der Waals surface area contributed by atoms with Gasteiger partial charge in [-0.1, -0.05) is 43.8 Å². The Hall–Kier alpha value is -4.51. The summed E-state index contributed by atoms with van der Waals surface area (Å²) in [5.41, 5.74) is 6.02. The second-order valence-electron chi connectivity index (χ2n) is 10.7. The predicted octanol–water partition coefficient (Wildman–Crippen LogP) is 5.31. The highest BCUT2D eigenvalue weighted by Gasteiger charge is 2.35. The van der Waals surface area contributed by atoms with Crippen molar-refractivity contribution in [3.05, 3.63) is 89.0 Å². The van der Waals surface area contributed by atoms with Crippen LogP contribution in [-0.4, -0.2) is 66.7 Å². The number of nitrogens with one attached hydrogen (secondary N) is 1. The van der Waals surface area contributed by atoms with Gasteiger partial charge in [-0.25, -0.2) is 4.79 Å². The summed E-state index contributed by atoms with van der Waals surface area (Å²) in [6.45, 7) is 6.70. The number of piperidine rings is 1. The maximum Gasteiger partial charge on any atom is 0.328 e. The number of benzene rings is 3. The first kappa shape index (κ1) is 29.5. The molecule has 41 heavy (non-hydrogen) atoms. The number of carbonyl (C=O) groups excluding carboxylic acids is 1. The van der Waals surface area contributed by atoms with Crippen molar-refractivity contribution < 1.29 is 14.7 Å². The number of carboxylic acid groups (broad SMARTS) is 1. The minimum absolute atomic E-state index is 0. The van der Waals surface area contributed by atoms with Gasteiger partial charge in [0.05, 0.1) is 17.8 Å². The number of carboxylic acids is 1. The zero-order valence-corrected chi connectivity index (χ0v) is 23.0. The predicted molar refractivity (Wildman–Crippen MR) is 164 cm³/mol. The lowest BCUT2D eigenvalue weighted by Crippen LogP contribution is -2.58. The molecule has 5 rings (SSSR count). The number of rotatable bonds is 6. The fourth-order valence-electron chi connectivity index (χ4n) is 5.84. The highest BCUT2D eigenvalue weighted by atomic mass is 16.4. The molecular formula is C33H39N5O3. The van der Waals surface area contributed by atoms with Gasteiger partial charge in [0.15, 0.2) is 0 Å². The molecule has 2 heterocycles. The van der Waals surface area contributed by atoms with Gasteiger partial charge in [-0.2, -0.15) is 5.26 Å². The Labute approximate surface area is 242 Å². The molecule has 0 spiro atoms. The molecule has 8 nitrogen and oxygen atoms in total. The van der Waals surface area contributed by atoms with Gasteiger partial charge in [0, 0.05) is 49.2 Å². The highest BCUT2D eigenvalue weighted by Crippen LogP contribution is 2.29. The second-order valence-corrected chi connectivity index (χ2v) is 10.7. The van der Waals surface area contributed by atoms with Crippen molar-refractivity contribution in [3.63, 3.8) is 0 Å². The van der Waals surface area contributed by atoms with Crippen molar-refractivity contribution in [2.45, 2.75) is 46.2 Å². The van der Waals surface area contributed by atoms with Crippen LogP contribution >= 0.6 is 0 Å². The van der Waals surface area contributed by atoms with Gasteiger partial charge >= 0.3 is 5.97 Å². The van der Waals surface area contributed by atoms with Crippen LogP contribution in [0.5, 0.6) is 0 Å². The number of amides is 1. The van der Waals surface area contributed by atoms with E-state index >= 15 is 0 Å². The van der Waals surface area contributed by atoms with E-state index in [-0.39, 0.29) is 25.9 Å². The molecule has 2 fully saturated rings. The first-order valence-electron chi connectivity index (χ1n) is 13.8. The van der Waals surface area contributed by atoms with Crippen LogP contribution in [0, 0.1) is 25.2 Å².